The van der Waals surface area contributed by atoms with Crippen LogP contribution in [-0.2, 0) is 14.3 Å². The molecule has 0 heterocycles. The maximum absolute atomic E-state index is 10.3. The van der Waals surface area contributed by atoms with Gasteiger partial charge in [-0.15, -0.1) is 0 Å². The molecular formula is C9H20O3. The van der Waals surface area contributed by atoms with E-state index in [1.54, 1.807) is 21.0 Å². The van der Waals surface area contributed by atoms with Crippen LogP contribution < -0.4 is 0 Å². The minimum Gasteiger partial charge on any atom is -0.469 e. The fraction of sp³-hybridized carbons (Fsp3) is 0.889. The Morgan fingerprint density at radius 3 is 1.42 bits per heavy atom. The van der Waals surface area contributed by atoms with Crippen molar-refractivity contribution in [3.05, 3.63) is 0 Å². The van der Waals surface area contributed by atoms with E-state index in [-0.39, 0.29) is 11.9 Å². The molecule has 0 aromatic carbocycles. The summed E-state index contributed by atoms with van der Waals surface area (Å²) in [6, 6.07) is 0. The van der Waals surface area contributed by atoms with E-state index in [0.29, 0.717) is 6.10 Å². The van der Waals surface area contributed by atoms with Crippen molar-refractivity contribution in [2.24, 2.45) is 5.92 Å². The average molecular weight is 176 g/mol. The summed E-state index contributed by atoms with van der Waals surface area (Å²) in [5, 5.41) is 0. The van der Waals surface area contributed by atoms with Crippen molar-refractivity contribution in [1.29, 1.82) is 0 Å². The van der Waals surface area contributed by atoms with Gasteiger partial charge in [0.15, 0.2) is 0 Å². The van der Waals surface area contributed by atoms with Gasteiger partial charge >= 0.3 is 5.97 Å². The molecular weight excluding hydrogens is 156 g/mol. The van der Waals surface area contributed by atoms with Crippen molar-refractivity contribution >= 4 is 5.97 Å². The average Bonchev–Trinajstić information content (AvgIpc) is 2.04. The Balaban J connectivity index is 0. The van der Waals surface area contributed by atoms with E-state index < -0.39 is 0 Å². The first-order valence-electron chi connectivity index (χ1n) is 4.06. The van der Waals surface area contributed by atoms with Crippen LogP contribution in [-0.4, -0.2) is 26.3 Å². The van der Waals surface area contributed by atoms with Crippen LogP contribution in [0.1, 0.15) is 27.7 Å². The van der Waals surface area contributed by atoms with Gasteiger partial charge in [0.2, 0.25) is 0 Å². The minimum atomic E-state index is -0.153. The van der Waals surface area contributed by atoms with Crippen LogP contribution in [0.15, 0.2) is 0 Å². The van der Waals surface area contributed by atoms with Crippen molar-refractivity contribution in [3.63, 3.8) is 0 Å². The number of esters is 1. The molecule has 74 valence electrons. The number of carbonyl (C=O) groups is 1. The summed E-state index contributed by atoms with van der Waals surface area (Å²) in [7, 11) is 3.09. The SMILES string of the molecule is COC(=O)C(C)C.COC(C)C. The molecule has 0 radical (unpaired) electrons. The summed E-state index contributed by atoms with van der Waals surface area (Å²) >= 11 is 0. The lowest BCUT2D eigenvalue weighted by atomic mass is 10.2. The van der Waals surface area contributed by atoms with Gasteiger partial charge in [-0.1, -0.05) is 13.8 Å². The Hall–Kier alpha value is -0.570. The molecule has 0 rings (SSSR count). The highest BCUT2D eigenvalue weighted by atomic mass is 16.5. The maximum atomic E-state index is 10.3. The number of hydrogen-bond donors (Lipinski definition) is 0. The Morgan fingerprint density at radius 1 is 1.08 bits per heavy atom. The first-order valence-corrected chi connectivity index (χ1v) is 4.06. The van der Waals surface area contributed by atoms with Gasteiger partial charge in [0, 0.05) is 7.11 Å². The van der Waals surface area contributed by atoms with Gasteiger partial charge in [0.1, 0.15) is 0 Å². The summed E-state index contributed by atoms with van der Waals surface area (Å²) in [4.78, 5) is 10.3. The Morgan fingerprint density at radius 2 is 1.42 bits per heavy atom. The molecule has 0 fully saturated rings. The molecule has 0 spiro atoms. The number of hydrogen-bond acceptors (Lipinski definition) is 3. The first-order chi connectivity index (χ1) is 5.45. The highest BCUT2D eigenvalue weighted by Gasteiger charge is 2.03. The zero-order valence-corrected chi connectivity index (χ0v) is 8.88. The van der Waals surface area contributed by atoms with Gasteiger partial charge in [-0.2, -0.15) is 0 Å². The van der Waals surface area contributed by atoms with E-state index in [2.05, 4.69) is 4.74 Å². The smallest absolute Gasteiger partial charge is 0.308 e. The second-order valence-electron chi connectivity index (χ2n) is 2.96. The third-order valence-electron chi connectivity index (χ3n) is 1.14. The lowest BCUT2D eigenvalue weighted by Crippen LogP contribution is -2.07. The standard InChI is InChI=1S/C5H10O2.C4H10O/c1-4(2)5(6)7-3;1-4(2)5-3/h4H,1-3H3;4H,1-3H3. The molecule has 0 atom stereocenters. The van der Waals surface area contributed by atoms with Crippen LogP contribution in [0.4, 0.5) is 0 Å². The van der Waals surface area contributed by atoms with Gasteiger partial charge in [-0.25, -0.2) is 0 Å². The Kier molecular flexibility index (Phi) is 9.93. The van der Waals surface area contributed by atoms with Gasteiger partial charge in [0.25, 0.3) is 0 Å². The molecule has 0 amide bonds. The van der Waals surface area contributed by atoms with Crippen molar-refractivity contribution in [1.82, 2.24) is 0 Å². The number of ether oxygens (including phenoxy) is 2. The second kappa shape index (κ2) is 8.53. The molecule has 0 bridgehead atoms. The first kappa shape index (κ1) is 14.0. The monoisotopic (exact) mass is 176 g/mol. The number of carbonyl (C=O) groups excluding carboxylic acids is 1. The largest absolute Gasteiger partial charge is 0.469 e. The third-order valence-corrected chi connectivity index (χ3v) is 1.14. The zero-order chi connectivity index (χ0) is 10.1. The molecule has 3 heteroatoms. The lowest BCUT2D eigenvalue weighted by molar-refractivity contribution is -0.144. The molecule has 3 nitrogen and oxygen atoms in total. The number of rotatable bonds is 2. The summed E-state index contributed by atoms with van der Waals surface area (Å²) in [5.41, 5.74) is 0. The van der Waals surface area contributed by atoms with Crippen LogP contribution in [0.3, 0.4) is 0 Å². The molecule has 0 saturated carbocycles. The highest BCUT2D eigenvalue weighted by Crippen LogP contribution is 1.91. The molecule has 0 N–H and O–H groups in total. The molecule has 0 aliphatic rings. The fourth-order valence-electron chi connectivity index (χ4n) is 0.236. The predicted molar refractivity (Wildman–Crippen MR) is 49.0 cm³/mol. The van der Waals surface area contributed by atoms with Crippen molar-refractivity contribution in [2.45, 2.75) is 33.8 Å². The van der Waals surface area contributed by atoms with Gasteiger partial charge in [-0.3, -0.25) is 4.79 Å². The Bertz CT molecular complexity index is 108. The fourth-order valence-corrected chi connectivity index (χ4v) is 0.236. The van der Waals surface area contributed by atoms with Crippen LogP contribution in [0.25, 0.3) is 0 Å². The topological polar surface area (TPSA) is 35.5 Å². The summed E-state index contributed by atoms with van der Waals surface area (Å²) < 4.78 is 9.12. The van der Waals surface area contributed by atoms with Crippen LogP contribution in [0, 0.1) is 5.92 Å². The van der Waals surface area contributed by atoms with Crippen molar-refractivity contribution < 1.29 is 14.3 Å². The molecule has 0 aromatic heterocycles. The lowest BCUT2D eigenvalue weighted by Gasteiger charge is -1.97. The summed E-state index contributed by atoms with van der Waals surface area (Å²) in [6.45, 7) is 7.59. The van der Waals surface area contributed by atoms with Crippen molar-refractivity contribution in [3.8, 4) is 0 Å². The summed E-state index contributed by atoms with van der Waals surface area (Å²) in [6.07, 6.45) is 0.384. The third kappa shape index (κ3) is 12.1. The second-order valence-corrected chi connectivity index (χ2v) is 2.96. The predicted octanol–water partition coefficient (Wildman–Crippen LogP) is 1.86. The van der Waals surface area contributed by atoms with E-state index in [0.717, 1.165) is 0 Å². The van der Waals surface area contributed by atoms with E-state index in [1.807, 2.05) is 13.8 Å². The summed E-state index contributed by atoms with van der Waals surface area (Å²) in [5.74, 6) is -0.148. The molecule has 0 saturated heterocycles. The quantitative estimate of drug-likeness (QED) is 0.602. The highest BCUT2D eigenvalue weighted by molar-refractivity contribution is 5.71. The van der Waals surface area contributed by atoms with E-state index in [4.69, 9.17) is 4.74 Å². The molecule has 0 unspecified atom stereocenters. The van der Waals surface area contributed by atoms with Gasteiger partial charge < -0.3 is 9.47 Å². The van der Waals surface area contributed by atoms with Crippen LogP contribution in [0.5, 0.6) is 0 Å². The number of methoxy groups -OCH3 is 2. The van der Waals surface area contributed by atoms with E-state index in [1.165, 1.54) is 7.11 Å². The Labute approximate surface area is 75.1 Å². The molecule has 12 heavy (non-hydrogen) atoms. The minimum absolute atomic E-state index is 0.00463. The maximum Gasteiger partial charge on any atom is 0.308 e. The van der Waals surface area contributed by atoms with Crippen molar-refractivity contribution in [2.75, 3.05) is 14.2 Å². The molecule has 0 aliphatic carbocycles. The van der Waals surface area contributed by atoms with Crippen LogP contribution >= 0.6 is 0 Å². The van der Waals surface area contributed by atoms with Gasteiger partial charge in [0.05, 0.1) is 19.1 Å². The molecule has 0 aromatic rings. The van der Waals surface area contributed by atoms with Gasteiger partial charge in [-0.05, 0) is 13.8 Å². The van der Waals surface area contributed by atoms with E-state index in [9.17, 15) is 4.79 Å². The van der Waals surface area contributed by atoms with Crippen LogP contribution in [0.2, 0.25) is 0 Å². The van der Waals surface area contributed by atoms with E-state index >= 15 is 0 Å². The zero-order valence-electron chi connectivity index (χ0n) is 8.88. The normalized spacial score (nSPS) is 9.33. The molecule has 0 aliphatic heterocycles.